The lowest BCUT2D eigenvalue weighted by atomic mass is 10.2. The highest BCUT2D eigenvalue weighted by atomic mass is 32.2. The molecule has 0 aliphatic carbocycles. The van der Waals surface area contributed by atoms with Gasteiger partial charge in [-0.2, -0.15) is 0 Å². The van der Waals surface area contributed by atoms with Crippen molar-refractivity contribution >= 4 is 21.4 Å². The van der Waals surface area contributed by atoms with Gasteiger partial charge in [0, 0.05) is 18.8 Å². The molecule has 0 aromatic heterocycles. The third-order valence-corrected chi connectivity index (χ3v) is 5.67. The highest BCUT2D eigenvalue weighted by molar-refractivity contribution is 7.92. The van der Waals surface area contributed by atoms with Crippen LogP contribution in [0.2, 0.25) is 0 Å². The average Bonchev–Trinajstić information content (AvgIpc) is 2.70. The second-order valence-electron chi connectivity index (χ2n) is 5.52. The Morgan fingerprint density at radius 3 is 2.43 bits per heavy atom. The number of hydrogen-bond acceptors (Lipinski definition) is 4. The first kappa shape index (κ1) is 15.8. The fraction of sp³-hybridized carbons (Fsp3) is 0.533. The van der Waals surface area contributed by atoms with E-state index >= 15 is 0 Å². The van der Waals surface area contributed by atoms with Crippen LogP contribution in [0.15, 0.2) is 23.1 Å². The first-order valence-electron chi connectivity index (χ1n) is 7.27. The van der Waals surface area contributed by atoms with Crippen LogP contribution in [0, 0.1) is 6.92 Å². The highest BCUT2D eigenvalue weighted by Gasteiger charge is 2.25. The van der Waals surface area contributed by atoms with Gasteiger partial charge in [0.25, 0.3) is 0 Å². The van der Waals surface area contributed by atoms with Gasteiger partial charge in [-0.1, -0.05) is 18.9 Å². The minimum Gasteiger partial charge on any atom is -0.398 e. The zero-order chi connectivity index (χ0) is 15.5. The van der Waals surface area contributed by atoms with E-state index in [1.165, 1.54) is 6.07 Å². The maximum Gasteiger partial charge on any atom is 0.238 e. The van der Waals surface area contributed by atoms with E-state index in [0.29, 0.717) is 24.3 Å². The van der Waals surface area contributed by atoms with E-state index in [1.54, 1.807) is 24.0 Å². The summed E-state index contributed by atoms with van der Waals surface area (Å²) in [7, 11) is -3.65. The van der Waals surface area contributed by atoms with Crippen molar-refractivity contribution in [2.45, 2.75) is 37.5 Å². The van der Waals surface area contributed by atoms with E-state index in [-0.39, 0.29) is 10.8 Å². The number of rotatable bonds is 3. The molecule has 21 heavy (non-hydrogen) atoms. The van der Waals surface area contributed by atoms with E-state index in [4.69, 9.17) is 5.73 Å². The van der Waals surface area contributed by atoms with E-state index in [2.05, 4.69) is 0 Å². The van der Waals surface area contributed by atoms with Gasteiger partial charge in [0.05, 0.1) is 4.90 Å². The second-order valence-corrected chi connectivity index (χ2v) is 7.48. The molecule has 0 unspecified atom stereocenters. The molecule has 2 rings (SSSR count). The Labute approximate surface area is 126 Å². The van der Waals surface area contributed by atoms with Crippen molar-refractivity contribution < 1.29 is 13.2 Å². The zero-order valence-corrected chi connectivity index (χ0v) is 13.2. The van der Waals surface area contributed by atoms with Crippen molar-refractivity contribution in [3.8, 4) is 0 Å². The summed E-state index contributed by atoms with van der Waals surface area (Å²) in [5, 5.41) is 0. The molecule has 1 saturated heterocycles. The Morgan fingerprint density at radius 1 is 1.19 bits per heavy atom. The summed E-state index contributed by atoms with van der Waals surface area (Å²) in [6, 6.07) is 4.77. The Kier molecular flexibility index (Phi) is 4.88. The number of nitrogens with zero attached hydrogens (tertiary/aromatic N) is 1. The van der Waals surface area contributed by atoms with Crippen LogP contribution in [0.1, 0.15) is 31.2 Å². The third kappa shape index (κ3) is 3.75. The predicted octanol–water partition coefficient (Wildman–Crippen LogP) is 1.75. The second kappa shape index (κ2) is 6.47. The molecule has 1 aliphatic heterocycles. The first-order chi connectivity index (χ1) is 9.92. The fourth-order valence-corrected chi connectivity index (χ4v) is 4.15. The van der Waals surface area contributed by atoms with Crippen molar-refractivity contribution in [3.05, 3.63) is 23.8 Å². The van der Waals surface area contributed by atoms with E-state index < -0.39 is 15.6 Å². The normalized spacial score (nSPS) is 16.5. The van der Waals surface area contributed by atoms with Crippen LogP contribution < -0.4 is 5.73 Å². The van der Waals surface area contributed by atoms with Crippen LogP contribution in [0.4, 0.5) is 5.69 Å². The molecular weight excluding hydrogens is 288 g/mol. The monoisotopic (exact) mass is 310 g/mol. The maximum atomic E-state index is 12.4. The molecule has 0 atom stereocenters. The van der Waals surface area contributed by atoms with Gasteiger partial charge >= 0.3 is 0 Å². The zero-order valence-electron chi connectivity index (χ0n) is 12.3. The van der Waals surface area contributed by atoms with Crippen LogP contribution in [-0.4, -0.2) is 38.1 Å². The number of nitrogen functional groups attached to an aromatic ring is 1. The van der Waals surface area contributed by atoms with Crippen molar-refractivity contribution in [1.29, 1.82) is 0 Å². The van der Waals surface area contributed by atoms with Gasteiger partial charge in [-0.05, 0) is 37.5 Å². The van der Waals surface area contributed by atoms with Crippen molar-refractivity contribution in [1.82, 2.24) is 4.90 Å². The highest BCUT2D eigenvalue weighted by Crippen LogP contribution is 2.22. The third-order valence-electron chi connectivity index (χ3n) is 3.93. The molecule has 1 aromatic rings. The predicted molar refractivity (Wildman–Crippen MR) is 82.7 cm³/mol. The SMILES string of the molecule is Cc1c(N)cccc1S(=O)(=O)CC(=O)N1CCCCCC1. The number of carbonyl (C=O) groups excluding carboxylic acids is 1. The summed E-state index contributed by atoms with van der Waals surface area (Å²) in [5.41, 5.74) is 6.70. The lowest BCUT2D eigenvalue weighted by Gasteiger charge is -2.20. The molecule has 5 nitrogen and oxygen atoms in total. The number of anilines is 1. The number of sulfone groups is 1. The van der Waals surface area contributed by atoms with Gasteiger partial charge in [-0.3, -0.25) is 4.79 Å². The van der Waals surface area contributed by atoms with Gasteiger partial charge in [-0.25, -0.2) is 8.42 Å². The van der Waals surface area contributed by atoms with Crippen molar-refractivity contribution in [2.75, 3.05) is 24.6 Å². The molecule has 0 saturated carbocycles. The first-order valence-corrected chi connectivity index (χ1v) is 8.92. The minimum atomic E-state index is -3.65. The molecule has 1 amide bonds. The molecule has 2 N–H and O–H groups in total. The molecule has 116 valence electrons. The van der Waals surface area contributed by atoms with Gasteiger partial charge in [0.2, 0.25) is 5.91 Å². The summed E-state index contributed by atoms with van der Waals surface area (Å²) in [4.78, 5) is 14.1. The number of hydrogen-bond donors (Lipinski definition) is 1. The maximum absolute atomic E-state index is 12.4. The summed E-state index contributed by atoms with van der Waals surface area (Å²) in [6.07, 6.45) is 4.10. The smallest absolute Gasteiger partial charge is 0.238 e. The van der Waals surface area contributed by atoms with E-state index in [1.807, 2.05) is 0 Å². The summed E-state index contributed by atoms with van der Waals surface area (Å²) in [6.45, 7) is 2.98. The number of nitrogens with two attached hydrogens (primary N) is 1. The standard InChI is InChI=1S/C15H22N2O3S/c1-12-13(16)7-6-8-14(12)21(19,20)11-15(18)17-9-4-2-3-5-10-17/h6-8H,2-5,9-11,16H2,1H3. The van der Waals surface area contributed by atoms with Crippen LogP contribution in [0.5, 0.6) is 0 Å². The van der Waals surface area contributed by atoms with Gasteiger partial charge in [0.15, 0.2) is 9.84 Å². The van der Waals surface area contributed by atoms with Crippen molar-refractivity contribution in [2.24, 2.45) is 0 Å². The molecule has 1 aliphatic rings. The van der Waals surface area contributed by atoms with Crippen LogP contribution >= 0.6 is 0 Å². The van der Waals surface area contributed by atoms with Crippen LogP contribution in [-0.2, 0) is 14.6 Å². The molecule has 1 heterocycles. The number of likely N-dealkylation sites (tertiary alicyclic amines) is 1. The topological polar surface area (TPSA) is 80.5 Å². The molecule has 0 bridgehead atoms. The summed E-state index contributed by atoms with van der Waals surface area (Å²) < 4.78 is 24.9. The Balaban J connectivity index is 2.17. The Morgan fingerprint density at radius 2 is 1.81 bits per heavy atom. The number of amides is 1. The molecule has 0 spiro atoms. The fourth-order valence-electron chi connectivity index (χ4n) is 2.62. The van der Waals surface area contributed by atoms with Crippen LogP contribution in [0.3, 0.4) is 0 Å². The van der Waals surface area contributed by atoms with E-state index in [9.17, 15) is 13.2 Å². The largest absolute Gasteiger partial charge is 0.398 e. The lowest BCUT2D eigenvalue weighted by Crippen LogP contribution is -2.36. The van der Waals surface area contributed by atoms with Gasteiger partial charge in [0.1, 0.15) is 5.75 Å². The molecule has 1 aromatic carbocycles. The van der Waals surface area contributed by atoms with Crippen molar-refractivity contribution in [3.63, 3.8) is 0 Å². The average molecular weight is 310 g/mol. The van der Waals surface area contributed by atoms with Gasteiger partial charge < -0.3 is 10.6 Å². The number of carbonyl (C=O) groups is 1. The summed E-state index contributed by atoms with van der Waals surface area (Å²) >= 11 is 0. The van der Waals surface area contributed by atoms with Crippen LogP contribution in [0.25, 0.3) is 0 Å². The Bertz CT molecular complexity index is 618. The lowest BCUT2D eigenvalue weighted by molar-refractivity contribution is -0.128. The Hall–Kier alpha value is -1.56. The molecule has 1 fully saturated rings. The number of benzene rings is 1. The summed E-state index contributed by atoms with van der Waals surface area (Å²) in [5.74, 6) is -0.782. The van der Waals surface area contributed by atoms with E-state index in [0.717, 1.165) is 25.7 Å². The molecule has 6 heteroatoms. The quantitative estimate of drug-likeness (QED) is 0.863. The minimum absolute atomic E-state index is 0.158. The molecular formula is C15H22N2O3S. The van der Waals surface area contributed by atoms with Gasteiger partial charge in [-0.15, -0.1) is 0 Å². The molecule has 0 radical (unpaired) electrons.